The molecule has 194 valence electrons. The number of carbonyl (C=O) groups is 1. The topological polar surface area (TPSA) is 39.3 Å². The minimum atomic E-state index is -0.0430. The Morgan fingerprint density at radius 2 is 1.44 bits per heavy atom. The van der Waals surface area contributed by atoms with Gasteiger partial charge in [-0.05, 0) is 67.1 Å². The van der Waals surface area contributed by atoms with Gasteiger partial charge in [0, 0.05) is 63.7 Å². The maximum absolute atomic E-state index is 13.4. The van der Waals surface area contributed by atoms with E-state index in [1.54, 1.807) is 13.2 Å². The van der Waals surface area contributed by atoms with Crippen molar-refractivity contribution < 1.29 is 9.53 Å². The second kappa shape index (κ2) is 11.1. The summed E-state index contributed by atoms with van der Waals surface area (Å²) in [6.45, 7) is 14.7. The Kier molecular flexibility index (Phi) is 8.06. The number of piperazine rings is 2. The summed E-state index contributed by atoms with van der Waals surface area (Å²) in [5, 5.41) is 0. The van der Waals surface area contributed by atoms with Gasteiger partial charge in [0.05, 0.1) is 12.7 Å². The van der Waals surface area contributed by atoms with Crippen LogP contribution < -0.4 is 14.5 Å². The van der Waals surface area contributed by atoms with Gasteiger partial charge in [-0.2, -0.15) is 0 Å². The van der Waals surface area contributed by atoms with Crippen LogP contribution in [0.4, 0.5) is 11.4 Å². The molecule has 2 aliphatic rings. The van der Waals surface area contributed by atoms with Crippen LogP contribution in [-0.2, 0) is 5.41 Å². The maximum Gasteiger partial charge on any atom is 0.189 e. The molecule has 2 saturated heterocycles. The van der Waals surface area contributed by atoms with Crippen molar-refractivity contribution in [2.75, 3.05) is 83.4 Å². The molecule has 2 aromatic carbocycles. The Labute approximate surface area is 217 Å². The Morgan fingerprint density at radius 3 is 2.03 bits per heavy atom. The van der Waals surface area contributed by atoms with Gasteiger partial charge in [-0.25, -0.2) is 0 Å². The lowest BCUT2D eigenvalue weighted by Gasteiger charge is -2.37. The van der Waals surface area contributed by atoms with Crippen molar-refractivity contribution in [1.29, 1.82) is 0 Å². The van der Waals surface area contributed by atoms with Gasteiger partial charge in [0.15, 0.2) is 5.78 Å². The molecule has 2 aromatic rings. The second-order valence-corrected chi connectivity index (χ2v) is 11.2. The van der Waals surface area contributed by atoms with Gasteiger partial charge in [0.25, 0.3) is 0 Å². The van der Waals surface area contributed by atoms with E-state index >= 15 is 0 Å². The largest absolute Gasteiger partial charge is 0.496 e. The lowest BCUT2D eigenvalue weighted by Crippen LogP contribution is -2.45. The second-order valence-electron chi connectivity index (χ2n) is 11.2. The molecule has 6 heteroatoms. The lowest BCUT2D eigenvalue weighted by molar-refractivity contribution is 0.104. The molecule has 0 amide bonds. The fourth-order valence-electron chi connectivity index (χ4n) is 4.88. The summed E-state index contributed by atoms with van der Waals surface area (Å²) in [5.74, 6) is 0.577. The highest BCUT2D eigenvalue weighted by Gasteiger charge is 2.21. The number of benzene rings is 2. The molecule has 2 aliphatic heterocycles. The minimum absolute atomic E-state index is 0.0366. The fourth-order valence-corrected chi connectivity index (χ4v) is 4.88. The van der Waals surface area contributed by atoms with Crippen LogP contribution in [0.1, 0.15) is 42.3 Å². The van der Waals surface area contributed by atoms with Gasteiger partial charge in [-0.3, -0.25) is 4.79 Å². The standard InChI is InChI=1S/C30H42N4O2/c1-30(2,3)24-9-12-29(36-6)26(21-24)28(35)11-8-23-7-10-25(33-17-13-31(4)14-18-33)22-27(23)34-19-15-32(5)16-20-34/h7-12,21-22H,13-20H2,1-6H3/b11-8+. The first-order chi connectivity index (χ1) is 17.2. The number of ketones is 1. The quantitative estimate of drug-likeness (QED) is 0.442. The summed E-state index contributed by atoms with van der Waals surface area (Å²) < 4.78 is 5.53. The highest BCUT2D eigenvalue weighted by atomic mass is 16.5. The Morgan fingerprint density at radius 1 is 0.833 bits per heavy atom. The zero-order chi connectivity index (χ0) is 25.9. The molecule has 0 spiro atoms. The molecule has 0 aliphatic carbocycles. The smallest absolute Gasteiger partial charge is 0.189 e. The molecule has 0 unspecified atom stereocenters. The Balaban J connectivity index is 1.64. The molecule has 4 rings (SSSR count). The van der Waals surface area contributed by atoms with E-state index in [-0.39, 0.29) is 11.2 Å². The van der Waals surface area contributed by atoms with Gasteiger partial charge < -0.3 is 24.3 Å². The summed E-state index contributed by atoms with van der Waals surface area (Å²) in [4.78, 5) is 23.0. The summed E-state index contributed by atoms with van der Waals surface area (Å²) >= 11 is 0. The number of methoxy groups -OCH3 is 1. The molecule has 0 bridgehead atoms. The predicted molar refractivity (Wildman–Crippen MR) is 151 cm³/mol. The van der Waals surface area contributed by atoms with Gasteiger partial charge in [0.2, 0.25) is 0 Å². The molecule has 2 heterocycles. The van der Waals surface area contributed by atoms with Gasteiger partial charge >= 0.3 is 0 Å². The van der Waals surface area contributed by atoms with Crippen molar-refractivity contribution in [2.45, 2.75) is 26.2 Å². The van der Waals surface area contributed by atoms with Crippen molar-refractivity contribution in [2.24, 2.45) is 0 Å². The fraction of sp³-hybridized carbons (Fsp3) is 0.500. The first kappa shape index (κ1) is 26.2. The van der Waals surface area contributed by atoms with Crippen LogP contribution in [0, 0.1) is 0 Å². The van der Waals surface area contributed by atoms with Crippen LogP contribution in [0.5, 0.6) is 5.75 Å². The van der Waals surface area contributed by atoms with E-state index in [0.29, 0.717) is 11.3 Å². The third-order valence-corrected chi connectivity index (χ3v) is 7.47. The maximum atomic E-state index is 13.4. The van der Waals surface area contributed by atoms with Crippen molar-refractivity contribution in [3.05, 3.63) is 59.2 Å². The number of carbonyl (C=O) groups excluding carboxylic acids is 1. The van der Waals surface area contributed by atoms with Crippen LogP contribution >= 0.6 is 0 Å². The number of allylic oxidation sites excluding steroid dienone is 1. The zero-order valence-electron chi connectivity index (χ0n) is 22.9. The molecular formula is C30H42N4O2. The number of hydrogen-bond acceptors (Lipinski definition) is 6. The van der Waals surface area contributed by atoms with Crippen molar-refractivity contribution in [3.63, 3.8) is 0 Å². The molecular weight excluding hydrogens is 448 g/mol. The molecule has 36 heavy (non-hydrogen) atoms. The summed E-state index contributed by atoms with van der Waals surface area (Å²) in [6.07, 6.45) is 3.68. The number of nitrogens with zero attached hydrogens (tertiary/aromatic N) is 4. The van der Waals surface area contributed by atoms with Crippen molar-refractivity contribution in [1.82, 2.24) is 9.80 Å². The SMILES string of the molecule is COc1ccc(C(C)(C)C)cc1C(=O)/C=C/c1ccc(N2CCN(C)CC2)cc1N1CCN(C)CC1. The van der Waals surface area contributed by atoms with Crippen molar-refractivity contribution >= 4 is 23.2 Å². The summed E-state index contributed by atoms with van der Waals surface area (Å²) in [6, 6.07) is 12.6. The highest BCUT2D eigenvalue weighted by Crippen LogP contribution is 2.31. The third kappa shape index (κ3) is 6.11. The third-order valence-electron chi connectivity index (χ3n) is 7.47. The molecule has 0 N–H and O–H groups in total. The summed E-state index contributed by atoms with van der Waals surface area (Å²) in [7, 11) is 5.98. The number of hydrogen-bond donors (Lipinski definition) is 0. The van der Waals surface area contributed by atoms with E-state index in [4.69, 9.17) is 4.74 Å². The molecule has 0 atom stereocenters. The molecule has 6 nitrogen and oxygen atoms in total. The van der Waals surface area contributed by atoms with Crippen LogP contribution in [0.3, 0.4) is 0 Å². The van der Waals surface area contributed by atoms with Gasteiger partial charge in [-0.15, -0.1) is 0 Å². The van der Waals surface area contributed by atoms with E-state index in [0.717, 1.165) is 63.5 Å². The van der Waals surface area contributed by atoms with E-state index in [1.807, 2.05) is 24.3 Å². The van der Waals surface area contributed by atoms with Gasteiger partial charge in [0.1, 0.15) is 5.75 Å². The van der Waals surface area contributed by atoms with Gasteiger partial charge in [-0.1, -0.05) is 32.9 Å². The number of rotatable bonds is 6. The molecule has 0 radical (unpaired) electrons. The van der Waals surface area contributed by atoms with Crippen LogP contribution in [-0.4, -0.2) is 89.1 Å². The van der Waals surface area contributed by atoms with Crippen LogP contribution in [0.15, 0.2) is 42.5 Å². The number of ether oxygens (including phenoxy) is 1. The normalized spacial score (nSPS) is 18.2. The predicted octanol–water partition coefficient (Wildman–Crippen LogP) is 4.39. The van der Waals surface area contributed by atoms with Crippen LogP contribution in [0.2, 0.25) is 0 Å². The van der Waals surface area contributed by atoms with E-state index in [9.17, 15) is 4.79 Å². The minimum Gasteiger partial charge on any atom is -0.496 e. The van der Waals surface area contributed by atoms with E-state index in [2.05, 4.69) is 72.7 Å². The number of anilines is 2. The Hall–Kier alpha value is -2.83. The monoisotopic (exact) mass is 490 g/mol. The van der Waals surface area contributed by atoms with E-state index in [1.165, 1.54) is 11.4 Å². The van der Waals surface area contributed by atoms with Crippen LogP contribution in [0.25, 0.3) is 6.08 Å². The average molecular weight is 491 g/mol. The summed E-state index contributed by atoms with van der Waals surface area (Å²) in [5.41, 5.74) is 5.24. The number of likely N-dealkylation sites (N-methyl/N-ethyl adjacent to an activating group) is 2. The molecule has 2 fully saturated rings. The van der Waals surface area contributed by atoms with E-state index < -0.39 is 0 Å². The molecule has 0 aromatic heterocycles. The first-order valence-electron chi connectivity index (χ1n) is 13.1. The first-order valence-corrected chi connectivity index (χ1v) is 13.1. The Bertz CT molecular complexity index is 1090. The zero-order valence-corrected chi connectivity index (χ0v) is 22.9. The lowest BCUT2D eigenvalue weighted by atomic mass is 9.85. The average Bonchev–Trinajstić information content (AvgIpc) is 2.87. The van der Waals surface area contributed by atoms with Crippen molar-refractivity contribution in [3.8, 4) is 5.75 Å². The highest BCUT2D eigenvalue weighted by molar-refractivity contribution is 6.09. The molecule has 0 saturated carbocycles.